The molecule has 0 aromatic heterocycles. The van der Waals surface area contributed by atoms with Gasteiger partial charge in [-0.25, -0.2) is 0 Å². The number of rotatable bonds is 4. The predicted octanol–water partition coefficient (Wildman–Crippen LogP) is 1.82. The maximum absolute atomic E-state index is 11.1. The van der Waals surface area contributed by atoms with Crippen LogP contribution in [0.2, 0.25) is 0 Å². The minimum absolute atomic E-state index is 0.292. The monoisotopic (exact) mass is 235 g/mol. The Bertz CT molecular complexity index is 438. The van der Waals surface area contributed by atoms with E-state index in [1.54, 1.807) is 0 Å². The highest BCUT2D eigenvalue weighted by atomic mass is 16.5. The predicted molar refractivity (Wildman–Crippen MR) is 65.3 cm³/mol. The van der Waals surface area contributed by atoms with Crippen molar-refractivity contribution in [3.8, 4) is 0 Å². The Labute approximate surface area is 101 Å². The second kappa shape index (κ2) is 4.37. The molecule has 0 aliphatic carbocycles. The van der Waals surface area contributed by atoms with Gasteiger partial charge in [-0.3, -0.25) is 4.79 Å². The summed E-state index contributed by atoms with van der Waals surface area (Å²) < 4.78 is 5.01. The third-order valence-corrected chi connectivity index (χ3v) is 3.35. The first-order chi connectivity index (χ1) is 8.03. The summed E-state index contributed by atoms with van der Waals surface area (Å²) >= 11 is 0. The third kappa shape index (κ3) is 2.26. The van der Waals surface area contributed by atoms with E-state index in [9.17, 15) is 4.79 Å². The molecule has 0 unspecified atom stereocenters. The highest BCUT2D eigenvalue weighted by molar-refractivity contribution is 5.77. The van der Waals surface area contributed by atoms with Gasteiger partial charge in [0.15, 0.2) is 0 Å². The Kier molecular flexibility index (Phi) is 3.07. The quantitative estimate of drug-likeness (QED) is 0.835. The zero-order chi connectivity index (χ0) is 12.5. The minimum atomic E-state index is -0.792. The number of aryl methyl sites for hydroxylation is 2. The van der Waals surface area contributed by atoms with Crippen LogP contribution >= 0.6 is 0 Å². The molecule has 92 valence electrons. The van der Waals surface area contributed by atoms with E-state index in [-0.39, 0.29) is 0 Å². The number of benzene rings is 1. The van der Waals surface area contributed by atoms with Crippen LogP contribution in [0.4, 0.5) is 5.69 Å². The van der Waals surface area contributed by atoms with Gasteiger partial charge in [-0.05, 0) is 37.1 Å². The van der Waals surface area contributed by atoms with Crippen molar-refractivity contribution in [1.29, 1.82) is 0 Å². The van der Waals surface area contributed by atoms with E-state index in [2.05, 4.69) is 12.2 Å². The normalized spacial score (nSPS) is 17.3. The minimum Gasteiger partial charge on any atom is -0.481 e. The average Bonchev–Trinajstić information content (AvgIpc) is 2.21. The van der Waals surface area contributed by atoms with E-state index in [4.69, 9.17) is 9.84 Å². The summed E-state index contributed by atoms with van der Waals surface area (Å²) in [5.74, 6) is -0.792. The number of carboxylic acids is 1. The van der Waals surface area contributed by atoms with Crippen molar-refractivity contribution in [2.24, 2.45) is 5.41 Å². The molecule has 4 heteroatoms. The largest absolute Gasteiger partial charge is 0.481 e. The van der Waals surface area contributed by atoms with Gasteiger partial charge in [0.1, 0.15) is 5.41 Å². The van der Waals surface area contributed by atoms with Crippen molar-refractivity contribution >= 4 is 11.7 Å². The lowest BCUT2D eigenvalue weighted by molar-refractivity contribution is -0.176. The highest BCUT2D eigenvalue weighted by Gasteiger charge is 2.46. The summed E-state index contributed by atoms with van der Waals surface area (Å²) in [5, 5.41) is 12.3. The van der Waals surface area contributed by atoms with Crippen molar-refractivity contribution in [3.63, 3.8) is 0 Å². The number of hydrogen-bond acceptors (Lipinski definition) is 3. The second-order valence-electron chi connectivity index (χ2n) is 4.73. The van der Waals surface area contributed by atoms with Crippen LogP contribution in [-0.4, -0.2) is 30.8 Å². The number of aliphatic carboxylic acids is 1. The molecule has 4 nitrogen and oxygen atoms in total. The molecule has 1 fully saturated rings. The first-order valence-electron chi connectivity index (χ1n) is 5.66. The first-order valence-corrected chi connectivity index (χ1v) is 5.66. The highest BCUT2D eigenvalue weighted by Crippen LogP contribution is 2.28. The summed E-state index contributed by atoms with van der Waals surface area (Å²) in [7, 11) is 0. The van der Waals surface area contributed by atoms with Gasteiger partial charge in [-0.2, -0.15) is 0 Å². The van der Waals surface area contributed by atoms with Gasteiger partial charge in [0.25, 0.3) is 0 Å². The molecule has 2 rings (SSSR count). The van der Waals surface area contributed by atoms with Crippen molar-refractivity contribution in [2.45, 2.75) is 13.8 Å². The van der Waals surface area contributed by atoms with E-state index >= 15 is 0 Å². The average molecular weight is 235 g/mol. The Morgan fingerprint density at radius 2 is 2.12 bits per heavy atom. The Balaban J connectivity index is 2.02. The number of carbonyl (C=O) groups is 1. The Morgan fingerprint density at radius 3 is 2.59 bits per heavy atom. The summed E-state index contributed by atoms with van der Waals surface area (Å²) in [6.07, 6.45) is 0. The zero-order valence-corrected chi connectivity index (χ0v) is 10.1. The van der Waals surface area contributed by atoms with Gasteiger partial charge in [0, 0.05) is 12.2 Å². The maximum Gasteiger partial charge on any atom is 0.316 e. The number of hydrogen-bond donors (Lipinski definition) is 2. The fourth-order valence-corrected chi connectivity index (χ4v) is 1.77. The second-order valence-corrected chi connectivity index (χ2v) is 4.73. The summed E-state index contributed by atoms with van der Waals surface area (Å²) in [5.41, 5.74) is 2.64. The maximum atomic E-state index is 11.1. The number of anilines is 1. The van der Waals surface area contributed by atoms with E-state index in [1.807, 2.05) is 25.1 Å². The molecule has 0 bridgehead atoms. The lowest BCUT2D eigenvalue weighted by atomic mass is 9.86. The molecule has 0 saturated carbocycles. The van der Waals surface area contributed by atoms with Crippen molar-refractivity contribution in [2.75, 3.05) is 25.1 Å². The molecule has 1 aliphatic heterocycles. The van der Waals surface area contributed by atoms with Gasteiger partial charge in [0.05, 0.1) is 13.2 Å². The van der Waals surface area contributed by atoms with Crippen LogP contribution in [0.5, 0.6) is 0 Å². The van der Waals surface area contributed by atoms with Gasteiger partial charge in [-0.1, -0.05) is 6.07 Å². The van der Waals surface area contributed by atoms with Crippen molar-refractivity contribution < 1.29 is 14.6 Å². The standard InChI is InChI=1S/C13H17NO3/c1-9-3-4-11(5-10(9)2)14-6-13(12(15)16)7-17-8-13/h3-5,14H,6-8H2,1-2H3,(H,15,16). The SMILES string of the molecule is Cc1ccc(NCC2(C(=O)O)COC2)cc1C. The van der Waals surface area contributed by atoms with Gasteiger partial charge < -0.3 is 15.2 Å². The molecule has 0 atom stereocenters. The van der Waals surface area contributed by atoms with Crippen molar-refractivity contribution in [1.82, 2.24) is 0 Å². The van der Waals surface area contributed by atoms with Gasteiger partial charge >= 0.3 is 5.97 Å². The van der Waals surface area contributed by atoms with Crippen LogP contribution < -0.4 is 5.32 Å². The van der Waals surface area contributed by atoms with Crippen molar-refractivity contribution in [3.05, 3.63) is 29.3 Å². The number of ether oxygens (including phenoxy) is 1. The molecule has 0 amide bonds. The summed E-state index contributed by atoms with van der Waals surface area (Å²) in [6, 6.07) is 6.03. The van der Waals surface area contributed by atoms with Crippen LogP contribution in [0.15, 0.2) is 18.2 Å². The lowest BCUT2D eigenvalue weighted by Crippen LogP contribution is -2.53. The van der Waals surface area contributed by atoms with E-state index in [1.165, 1.54) is 11.1 Å². The molecule has 0 radical (unpaired) electrons. The molecule has 1 aliphatic rings. The molecular formula is C13H17NO3. The molecule has 1 aromatic rings. The van der Waals surface area contributed by atoms with Gasteiger partial charge in [-0.15, -0.1) is 0 Å². The first kappa shape index (κ1) is 11.9. The molecule has 1 saturated heterocycles. The molecule has 17 heavy (non-hydrogen) atoms. The number of carboxylic acid groups (broad SMARTS) is 1. The lowest BCUT2D eigenvalue weighted by Gasteiger charge is -2.37. The van der Waals surface area contributed by atoms with Crippen LogP contribution in [0.3, 0.4) is 0 Å². The third-order valence-electron chi connectivity index (χ3n) is 3.35. The van der Waals surface area contributed by atoms with Crippen LogP contribution in [0.25, 0.3) is 0 Å². The van der Waals surface area contributed by atoms with Gasteiger partial charge in [0.2, 0.25) is 0 Å². The number of nitrogens with one attached hydrogen (secondary N) is 1. The molecule has 0 spiro atoms. The Hall–Kier alpha value is -1.55. The fraction of sp³-hybridized carbons (Fsp3) is 0.462. The summed E-state index contributed by atoms with van der Waals surface area (Å²) in [4.78, 5) is 11.1. The fourth-order valence-electron chi connectivity index (χ4n) is 1.77. The van der Waals surface area contributed by atoms with E-state index in [0.29, 0.717) is 19.8 Å². The molecule has 1 aromatic carbocycles. The van der Waals surface area contributed by atoms with Crippen LogP contribution in [0.1, 0.15) is 11.1 Å². The smallest absolute Gasteiger partial charge is 0.316 e. The topological polar surface area (TPSA) is 58.6 Å². The van der Waals surface area contributed by atoms with E-state index in [0.717, 1.165) is 5.69 Å². The zero-order valence-electron chi connectivity index (χ0n) is 10.1. The van der Waals surface area contributed by atoms with Crippen LogP contribution in [-0.2, 0) is 9.53 Å². The molecule has 2 N–H and O–H groups in total. The van der Waals surface area contributed by atoms with Crippen LogP contribution in [0, 0.1) is 19.3 Å². The Morgan fingerprint density at radius 1 is 1.41 bits per heavy atom. The van der Waals surface area contributed by atoms with E-state index < -0.39 is 11.4 Å². The summed E-state index contributed by atoms with van der Waals surface area (Å²) in [6.45, 7) is 5.09. The molecular weight excluding hydrogens is 218 g/mol. The molecule has 1 heterocycles.